The lowest BCUT2D eigenvalue weighted by Crippen LogP contribution is -2.47. The third-order valence-electron chi connectivity index (χ3n) is 3.65. The van der Waals surface area contributed by atoms with Crippen molar-refractivity contribution in [3.63, 3.8) is 0 Å². The maximum Gasteiger partial charge on any atom is 0.241 e. The normalized spacial score (nSPS) is 34.7. The van der Waals surface area contributed by atoms with Gasteiger partial charge in [0, 0.05) is 6.61 Å². The maximum absolute atomic E-state index is 12.4. The predicted octanol–water partition coefficient (Wildman–Crippen LogP) is 1.36. The van der Waals surface area contributed by atoms with Crippen LogP contribution in [0.5, 0.6) is 0 Å². The Morgan fingerprint density at radius 1 is 1.53 bits per heavy atom. The number of carbonyl (C=O) groups is 1. The number of ether oxygens (including phenoxy) is 1. The van der Waals surface area contributed by atoms with Crippen LogP contribution < -0.4 is 5.32 Å². The molecule has 98 valence electrons. The lowest BCUT2D eigenvalue weighted by Gasteiger charge is -2.33. The number of hydrogen-bond acceptors (Lipinski definition) is 3. The van der Waals surface area contributed by atoms with Crippen molar-refractivity contribution in [1.82, 2.24) is 10.2 Å². The molecule has 4 heteroatoms. The van der Waals surface area contributed by atoms with E-state index in [0.717, 1.165) is 25.9 Å². The first-order chi connectivity index (χ1) is 8.09. The summed E-state index contributed by atoms with van der Waals surface area (Å²) in [6.45, 7) is 7.94. The zero-order valence-electron chi connectivity index (χ0n) is 11.1. The second-order valence-electron chi connectivity index (χ2n) is 5.64. The standard InChI is InChI=1S/C13H24N2O2/c1-9(2)7-12-13(16)15(10(3)14-12)11-5-4-6-17-8-11/h9-12,14H,4-8H2,1-3H3. The molecule has 0 aliphatic carbocycles. The molecule has 1 N–H and O–H groups in total. The molecule has 0 bridgehead atoms. The van der Waals surface area contributed by atoms with Gasteiger partial charge in [0.1, 0.15) is 0 Å². The van der Waals surface area contributed by atoms with Gasteiger partial charge in [-0.05, 0) is 32.1 Å². The Morgan fingerprint density at radius 2 is 2.29 bits per heavy atom. The van der Waals surface area contributed by atoms with Gasteiger partial charge in [-0.2, -0.15) is 0 Å². The van der Waals surface area contributed by atoms with Crippen molar-refractivity contribution in [3.8, 4) is 0 Å². The highest BCUT2D eigenvalue weighted by Gasteiger charge is 2.40. The highest BCUT2D eigenvalue weighted by atomic mass is 16.5. The molecule has 2 aliphatic rings. The molecule has 0 spiro atoms. The molecule has 2 saturated heterocycles. The largest absolute Gasteiger partial charge is 0.379 e. The van der Waals surface area contributed by atoms with Crippen LogP contribution in [0.25, 0.3) is 0 Å². The van der Waals surface area contributed by atoms with Gasteiger partial charge in [0.15, 0.2) is 0 Å². The van der Waals surface area contributed by atoms with Gasteiger partial charge >= 0.3 is 0 Å². The van der Waals surface area contributed by atoms with Gasteiger partial charge in [0.25, 0.3) is 0 Å². The summed E-state index contributed by atoms with van der Waals surface area (Å²) < 4.78 is 5.49. The topological polar surface area (TPSA) is 41.6 Å². The summed E-state index contributed by atoms with van der Waals surface area (Å²) in [7, 11) is 0. The van der Waals surface area contributed by atoms with E-state index in [1.165, 1.54) is 0 Å². The van der Waals surface area contributed by atoms with Crippen LogP contribution >= 0.6 is 0 Å². The molecule has 4 nitrogen and oxygen atoms in total. The Balaban J connectivity index is 2.00. The van der Waals surface area contributed by atoms with Crippen LogP contribution in [0.3, 0.4) is 0 Å². The van der Waals surface area contributed by atoms with Gasteiger partial charge in [0.2, 0.25) is 5.91 Å². The van der Waals surface area contributed by atoms with Crippen LogP contribution in [0.2, 0.25) is 0 Å². The van der Waals surface area contributed by atoms with E-state index in [-0.39, 0.29) is 24.2 Å². The van der Waals surface area contributed by atoms with E-state index >= 15 is 0 Å². The summed E-state index contributed by atoms with van der Waals surface area (Å²) in [5.74, 6) is 0.813. The molecule has 0 aromatic rings. The molecular formula is C13H24N2O2. The summed E-state index contributed by atoms with van der Waals surface area (Å²) in [5, 5.41) is 3.40. The number of amides is 1. The van der Waals surface area contributed by atoms with Crippen molar-refractivity contribution < 1.29 is 9.53 Å². The fourth-order valence-corrected chi connectivity index (χ4v) is 2.89. The second kappa shape index (κ2) is 5.36. The minimum atomic E-state index is 0.00641. The molecule has 0 radical (unpaired) electrons. The third kappa shape index (κ3) is 2.80. The number of nitrogens with zero attached hydrogens (tertiary/aromatic N) is 1. The monoisotopic (exact) mass is 240 g/mol. The highest BCUT2D eigenvalue weighted by molar-refractivity contribution is 5.84. The van der Waals surface area contributed by atoms with Gasteiger partial charge in [-0.25, -0.2) is 0 Å². The molecule has 17 heavy (non-hydrogen) atoms. The molecule has 2 fully saturated rings. The Hall–Kier alpha value is -0.610. The van der Waals surface area contributed by atoms with Gasteiger partial charge in [0.05, 0.1) is 24.9 Å². The Labute approximate surface area is 104 Å². The quantitative estimate of drug-likeness (QED) is 0.810. The molecular weight excluding hydrogens is 216 g/mol. The van der Waals surface area contributed by atoms with Crippen molar-refractivity contribution in [3.05, 3.63) is 0 Å². The Kier molecular flexibility index (Phi) is 4.05. The molecule has 3 atom stereocenters. The molecule has 0 aromatic heterocycles. The first-order valence-corrected chi connectivity index (χ1v) is 6.75. The summed E-state index contributed by atoms with van der Waals surface area (Å²) in [4.78, 5) is 14.4. The third-order valence-corrected chi connectivity index (χ3v) is 3.65. The van der Waals surface area contributed by atoms with Crippen LogP contribution in [0.4, 0.5) is 0 Å². The number of nitrogens with one attached hydrogen (secondary N) is 1. The summed E-state index contributed by atoms with van der Waals surface area (Å²) >= 11 is 0. The average molecular weight is 240 g/mol. The van der Waals surface area contributed by atoms with Crippen molar-refractivity contribution in [2.75, 3.05) is 13.2 Å². The van der Waals surface area contributed by atoms with Crippen molar-refractivity contribution in [2.24, 2.45) is 5.92 Å². The van der Waals surface area contributed by atoms with E-state index in [1.54, 1.807) is 0 Å². The van der Waals surface area contributed by atoms with Crippen LogP contribution in [-0.4, -0.2) is 42.3 Å². The first-order valence-electron chi connectivity index (χ1n) is 6.75. The minimum absolute atomic E-state index is 0.00641. The van der Waals surface area contributed by atoms with Crippen LogP contribution in [0, 0.1) is 5.92 Å². The zero-order chi connectivity index (χ0) is 12.4. The maximum atomic E-state index is 12.4. The lowest BCUT2D eigenvalue weighted by molar-refractivity contribution is -0.135. The Bertz CT molecular complexity index is 275. The number of carbonyl (C=O) groups excluding carboxylic acids is 1. The minimum Gasteiger partial charge on any atom is -0.379 e. The van der Waals surface area contributed by atoms with E-state index in [0.29, 0.717) is 12.5 Å². The molecule has 1 amide bonds. The van der Waals surface area contributed by atoms with Crippen molar-refractivity contribution >= 4 is 5.91 Å². The summed E-state index contributed by atoms with van der Waals surface area (Å²) in [5.41, 5.74) is 0. The van der Waals surface area contributed by atoms with Gasteiger partial charge in [-0.15, -0.1) is 0 Å². The SMILES string of the molecule is CC(C)CC1NC(C)N(C2CCCOC2)C1=O. The van der Waals surface area contributed by atoms with Crippen LogP contribution in [-0.2, 0) is 9.53 Å². The molecule has 3 unspecified atom stereocenters. The van der Waals surface area contributed by atoms with Gasteiger partial charge < -0.3 is 9.64 Å². The Morgan fingerprint density at radius 3 is 2.88 bits per heavy atom. The first kappa shape index (κ1) is 12.8. The molecule has 2 heterocycles. The number of rotatable bonds is 3. The fourth-order valence-electron chi connectivity index (χ4n) is 2.89. The van der Waals surface area contributed by atoms with E-state index < -0.39 is 0 Å². The highest BCUT2D eigenvalue weighted by Crippen LogP contribution is 2.23. The smallest absolute Gasteiger partial charge is 0.241 e. The molecule has 2 aliphatic heterocycles. The van der Waals surface area contributed by atoms with Crippen LogP contribution in [0.1, 0.15) is 40.0 Å². The van der Waals surface area contributed by atoms with E-state index in [4.69, 9.17) is 4.74 Å². The predicted molar refractivity (Wildman–Crippen MR) is 66.5 cm³/mol. The fraction of sp³-hybridized carbons (Fsp3) is 0.923. The summed E-state index contributed by atoms with van der Waals surface area (Å²) in [6.07, 6.45) is 3.22. The molecule has 0 saturated carbocycles. The lowest BCUT2D eigenvalue weighted by atomic mass is 10.0. The van der Waals surface area contributed by atoms with Gasteiger partial charge in [-0.3, -0.25) is 10.1 Å². The van der Waals surface area contributed by atoms with Crippen molar-refractivity contribution in [2.45, 2.75) is 58.3 Å². The van der Waals surface area contributed by atoms with Crippen LogP contribution in [0.15, 0.2) is 0 Å². The number of hydrogen-bond donors (Lipinski definition) is 1. The van der Waals surface area contributed by atoms with E-state index in [9.17, 15) is 4.79 Å². The summed E-state index contributed by atoms with van der Waals surface area (Å²) in [6, 6.07) is 0.280. The molecule has 2 rings (SSSR count). The molecule has 0 aromatic carbocycles. The van der Waals surface area contributed by atoms with E-state index in [2.05, 4.69) is 26.1 Å². The zero-order valence-corrected chi connectivity index (χ0v) is 11.1. The van der Waals surface area contributed by atoms with E-state index in [1.807, 2.05) is 4.90 Å². The average Bonchev–Trinajstić information content (AvgIpc) is 2.54. The van der Waals surface area contributed by atoms with Crippen molar-refractivity contribution in [1.29, 1.82) is 0 Å². The second-order valence-corrected chi connectivity index (χ2v) is 5.64. The van der Waals surface area contributed by atoms with Gasteiger partial charge in [-0.1, -0.05) is 13.8 Å².